The summed E-state index contributed by atoms with van der Waals surface area (Å²) in [4.78, 5) is 2.39. The number of nitrogens with zero attached hydrogens (tertiary/aromatic N) is 1. The lowest BCUT2D eigenvalue weighted by molar-refractivity contribution is 0.0315. The molecule has 3 unspecified atom stereocenters. The molecule has 0 amide bonds. The van der Waals surface area contributed by atoms with E-state index in [1.165, 1.54) is 6.42 Å². The molecule has 2 aliphatic rings. The second-order valence-electron chi connectivity index (χ2n) is 4.75. The van der Waals surface area contributed by atoms with Crippen LogP contribution >= 0.6 is 0 Å². The Kier molecular flexibility index (Phi) is 3.42. The second kappa shape index (κ2) is 4.60. The summed E-state index contributed by atoms with van der Waals surface area (Å²) in [6, 6.07) is 0.379. The van der Waals surface area contributed by atoms with Gasteiger partial charge >= 0.3 is 0 Å². The van der Waals surface area contributed by atoms with Gasteiger partial charge in [0.2, 0.25) is 0 Å². The van der Waals surface area contributed by atoms with Gasteiger partial charge in [0.05, 0.1) is 6.10 Å². The molecule has 3 heteroatoms. The van der Waals surface area contributed by atoms with Gasteiger partial charge in [0.15, 0.2) is 0 Å². The van der Waals surface area contributed by atoms with Crippen molar-refractivity contribution in [2.45, 2.75) is 44.2 Å². The molecule has 1 saturated heterocycles. The van der Waals surface area contributed by atoms with Gasteiger partial charge in [-0.1, -0.05) is 0 Å². The number of rotatable bonds is 2. The summed E-state index contributed by atoms with van der Waals surface area (Å²) in [6.07, 6.45) is 5.47. The SMILES string of the molecule is OCC1CCCN(C2CCCC2O)C1. The summed E-state index contributed by atoms with van der Waals surface area (Å²) >= 11 is 0. The number of aliphatic hydroxyl groups excluding tert-OH is 2. The highest BCUT2D eigenvalue weighted by atomic mass is 16.3. The van der Waals surface area contributed by atoms with Gasteiger partial charge in [0.1, 0.15) is 0 Å². The highest BCUT2D eigenvalue weighted by Gasteiger charge is 2.33. The van der Waals surface area contributed by atoms with E-state index >= 15 is 0 Å². The summed E-state index contributed by atoms with van der Waals surface area (Å²) in [7, 11) is 0. The first kappa shape index (κ1) is 10.4. The molecular formula is C11H21NO2. The Bertz CT molecular complexity index is 186. The summed E-state index contributed by atoms with van der Waals surface area (Å²) in [5.41, 5.74) is 0. The van der Waals surface area contributed by atoms with Gasteiger partial charge in [-0.2, -0.15) is 0 Å². The summed E-state index contributed by atoms with van der Waals surface area (Å²) in [6.45, 7) is 2.40. The average Bonchev–Trinajstić information content (AvgIpc) is 2.65. The van der Waals surface area contributed by atoms with E-state index in [1.54, 1.807) is 0 Å². The lowest BCUT2D eigenvalue weighted by Gasteiger charge is -2.37. The molecule has 2 rings (SSSR count). The highest BCUT2D eigenvalue weighted by molar-refractivity contribution is 4.87. The molecule has 2 N–H and O–H groups in total. The highest BCUT2D eigenvalue weighted by Crippen LogP contribution is 2.28. The molecule has 0 spiro atoms. The van der Waals surface area contributed by atoms with Crippen LogP contribution in [-0.4, -0.2) is 47.0 Å². The quantitative estimate of drug-likeness (QED) is 0.684. The molecule has 82 valence electrons. The fourth-order valence-electron chi connectivity index (χ4n) is 2.89. The zero-order valence-corrected chi connectivity index (χ0v) is 8.73. The minimum atomic E-state index is -0.118. The molecule has 1 aliphatic heterocycles. The first-order chi connectivity index (χ1) is 6.81. The molecule has 2 fully saturated rings. The number of aliphatic hydroxyl groups is 2. The van der Waals surface area contributed by atoms with Crippen LogP contribution in [0.15, 0.2) is 0 Å². The van der Waals surface area contributed by atoms with Crippen molar-refractivity contribution in [3.8, 4) is 0 Å². The predicted molar refractivity (Wildman–Crippen MR) is 55.0 cm³/mol. The van der Waals surface area contributed by atoms with Crippen LogP contribution in [0.25, 0.3) is 0 Å². The van der Waals surface area contributed by atoms with Gasteiger partial charge in [0, 0.05) is 19.2 Å². The molecule has 14 heavy (non-hydrogen) atoms. The molecule has 3 nitrogen and oxygen atoms in total. The number of hydrogen-bond donors (Lipinski definition) is 2. The Balaban J connectivity index is 1.90. The van der Waals surface area contributed by atoms with E-state index in [0.717, 1.165) is 38.8 Å². The smallest absolute Gasteiger partial charge is 0.0695 e. The van der Waals surface area contributed by atoms with Crippen molar-refractivity contribution in [3.05, 3.63) is 0 Å². The molecule has 1 aliphatic carbocycles. The van der Waals surface area contributed by atoms with Gasteiger partial charge in [-0.15, -0.1) is 0 Å². The van der Waals surface area contributed by atoms with Crippen LogP contribution in [0.2, 0.25) is 0 Å². The average molecular weight is 199 g/mol. The maximum Gasteiger partial charge on any atom is 0.0695 e. The summed E-state index contributed by atoms with van der Waals surface area (Å²) in [5, 5.41) is 18.9. The maximum atomic E-state index is 9.80. The second-order valence-corrected chi connectivity index (χ2v) is 4.75. The lowest BCUT2D eigenvalue weighted by atomic mass is 9.97. The van der Waals surface area contributed by atoms with E-state index in [1.807, 2.05) is 0 Å². The van der Waals surface area contributed by atoms with Crippen molar-refractivity contribution in [1.29, 1.82) is 0 Å². The summed E-state index contributed by atoms with van der Waals surface area (Å²) in [5.74, 6) is 0.441. The Morgan fingerprint density at radius 2 is 2.00 bits per heavy atom. The van der Waals surface area contributed by atoms with E-state index in [2.05, 4.69) is 4.90 Å². The van der Waals surface area contributed by atoms with Crippen LogP contribution in [0.4, 0.5) is 0 Å². The lowest BCUT2D eigenvalue weighted by Crippen LogP contribution is -2.46. The molecule has 0 aromatic carbocycles. The third-order valence-corrected chi connectivity index (χ3v) is 3.72. The van der Waals surface area contributed by atoms with Gasteiger partial charge in [0.25, 0.3) is 0 Å². The molecule has 0 aromatic heterocycles. The number of hydrogen-bond acceptors (Lipinski definition) is 3. The van der Waals surface area contributed by atoms with Gasteiger partial charge < -0.3 is 10.2 Å². The minimum absolute atomic E-state index is 0.118. The molecule has 3 atom stereocenters. The van der Waals surface area contributed by atoms with Crippen LogP contribution in [0, 0.1) is 5.92 Å². The topological polar surface area (TPSA) is 43.7 Å². The normalized spacial score (nSPS) is 40.3. The minimum Gasteiger partial charge on any atom is -0.396 e. The molecular weight excluding hydrogens is 178 g/mol. The first-order valence-electron chi connectivity index (χ1n) is 5.84. The molecule has 1 saturated carbocycles. The van der Waals surface area contributed by atoms with Crippen molar-refractivity contribution in [3.63, 3.8) is 0 Å². The van der Waals surface area contributed by atoms with E-state index in [0.29, 0.717) is 18.6 Å². The zero-order chi connectivity index (χ0) is 9.97. The Labute approximate surface area is 85.7 Å². The third kappa shape index (κ3) is 2.10. The van der Waals surface area contributed by atoms with Gasteiger partial charge in [-0.05, 0) is 44.6 Å². The molecule has 0 bridgehead atoms. The van der Waals surface area contributed by atoms with Crippen LogP contribution in [0.1, 0.15) is 32.1 Å². The van der Waals surface area contributed by atoms with Gasteiger partial charge in [-0.3, -0.25) is 4.90 Å². The van der Waals surface area contributed by atoms with E-state index < -0.39 is 0 Å². The summed E-state index contributed by atoms with van der Waals surface area (Å²) < 4.78 is 0. The van der Waals surface area contributed by atoms with Gasteiger partial charge in [-0.25, -0.2) is 0 Å². The van der Waals surface area contributed by atoms with Crippen molar-refractivity contribution in [2.75, 3.05) is 19.7 Å². The number of likely N-dealkylation sites (tertiary alicyclic amines) is 1. The zero-order valence-electron chi connectivity index (χ0n) is 8.73. The monoisotopic (exact) mass is 199 g/mol. The molecule has 1 heterocycles. The predicted octanol–water partition coefficient (Wildman–Crippen LogP) is 0.604. The third-order valence-electron chi connectivity index (χ3n) is 3.72. The van der Waals surface area contributed by atoms with E-state index in [-0.39, 0.29) is 6.10 Å². The molecule has 0 radical (unpaired) electrons. The van der Waals surface area contributed by atoms with Crippen molar-refractivity contribution in [1.82, 2.24) is 4.90 Å². The Hall–Kier alpha value is -0.120. The standard InChI is InChI=1S/C11H21NO2/c13-8-9-3-2-6-12(7-9)10-4-1-5-11(10)14/h9-11,13-14H,1-8H2. The van der Waals surface area contributed by atoms with Crippen LogP contribution in [0.5, 0.6) is 0 Å². The Morgan fingerprint density at radius 1 is 1.14 bits per heavy atom. The van der Waals surface area contributed by atoms with E-state index in [4.69, 9.17) is 5.11 Å². The van der Waals surface area contributed by atoms with E-state index in [9.17, 15) is 5.11 Å². The fraction of sp³-hybridized carbons (Fsp3) is 1.00. The van der Waals surface area contributed by atoms with Crippen molar-refractivity contribution in [2.24, 2.45) is 5.92 Å². The number of piperidine rings is 1. The largest absolute Gasteiger partial charge is 0.396 e. The van der Waals surface area contributed by atoms with Crippen LogP contribution in [0.3, 0.4) is 0 Å². The molecule has 0 aromatic rings. The maximum absolute atomic E-state index is 9.80. The van der Waals surface area contributed by atoms with Crippen LogP contribution in [-0.2, 0) is 0 Å². The first-order valence-corrected chi connectivity index (χ1v) is 5.84. The van der Waals surface area contributed by atoms with Crippen molar-refractivity contribution < 1.29 is 10.2 Å². The van der Waals surface area contributed by atoms with Crippen LogP contribution < -0.4 is 0 Å². The van der Waals surface area contributed by atoms with Crippen molar-refractivity contribution >= 4 is 0 Å². The Morgan fingerprint density at radius 3 is 2.64 bits per heavy atom. The fourth-order valence-corrected chi connectivity index (χ4v) is 2.89.